The zero-order valence-corrected chi connectivity index (χ0v) is 12.2. The van der Waals surface area contributed by atoms with Gasteiger partial charge in [0.05, 0.1) is 25.4 Å². The highest BCUT2D eigenvalue weighted by molar-refractivity contribution is 5.37. The number of rotatable bonds is 2. The molecule has 0 amide bonds. The summed E-state index contributed by atoms with van der Waals surface area (Å²) in [6.45, 7) is 0.728. The molecule has 1 saturated heterocycles. The molecule has 0 unspecified atom stereocenters. The Hall–Kier alpha value is -1.11. The van der Waals surface area contributed by atoms with Crippen LogP contribution in [0.5, 0.6) is 0 Å². The maximum absolute atomic E-state index is 13.3. The number of ether oxygens (including phenoxy) is 2. The van der Waals surface area contributed by atoms with Crippen molar-refractivity contribution in [3.05, 3.63) is 34.9 Å². The monoisotopic (exact) mass is 316 g/mol. The Kier molecular flexibility index (Phi) is 4.18. The van der Waals surface area contributed by atoms with Crippen molar-refractivity contribution in [1.29, 1.82) is 0 Å². The Bertz CT molecular complexity index is 526. The van der Waals surface area contributed by atoms with Crippen LogP contribution in [-0.4, -0.2) is 24.1 Å². The fourth-order valence-corrected chi connectivity index (χ4v) is 3.46. The molecule has 0 atom stereocenters. The summed E-state index contributed by atoms with van der Waals surface area (Å²) < 4.78 is 51.1. The number of alkyl halides is 3. The summed E-state index contributed by atoms with van der Waals surface area (Å²) in [6.07, 6.45) is -1.94. The molecule has 3 rings (SSSR count). The summed E-state index contributed by atoms with van der Waals surface area (Å²) in [7, 11) is 0. The van der Waals surface area contributed by atoms with E-state index in [0.29, 0.717) is 44.5 Å². The molecule has 1 heterocycles. The van der Waals surface area contributed by atoms with Crippen LogP contribution in [-0.2, 0) is 22.3 Å². The molecule has 0 bridgehead atoms. The van der Waals surface area contributed by atoms with Crippen LogP contribution in [0, 0.1) is 0 Å². The smallest absolute Gasteiger partial charge is 0.392 e. The maximum atomic E-state index is 13.3. The fourth-order valence-electron chi connectivity index (χ4n) is 3.46. The van der Waals surface area contributed by atoms with Crippen molar-refractivity contribution in [1.82, 2.24) is 0 Å². The summed E-state index contributed by atoms with van der Waals surface area (Å²) >= 11 is 0. The van der Waals surface area contributed by atoms with E-state index in [1.165, 1.54) is 6.07 Å². The number of benzene rings is 1. The molecule has 1 aliphatic carbocycles. The van der Waals surface area contributed by atoms with E-state index in [-0.39, 0.29) is 11.5 Å². The van der Waals surface area contributed by atoms with E-state index in [1.807, 2.05) is 0 Å². The summed E-state index contributed by atoms with van der Waals surface area (Å²) in [4.78, 5) is 0. The zero-order chi connectivity index (χ0) is 15.8. The lowest BCUT2D eigenvalue weighted by Crippen LogP contribution is -2.35. The van der Waals surface area contributed by atoms with Crippen molar-refractivity contribution in [2.45, 2.75) is 50.2 Å². The third-order valence-electron chi connectivity index (χ3n) is 4.61. The second-order valence-electron chi connectivity index (χ2n) is 5.96. The van der Waals surface area contributed by atoms with Crippen LogP contribution in [0.2, 0.25) is 0 Å². The first-order valence-electron chi connectivity index (χ1n) is 7.52. The third kappa shape index (κ3) is 3.00. The van der Waals surface area contributed by atoms with E-state index in [9.17, 15) is 13.2 Å². The van der Waals surface area contributed by atoms with Crippen molar-refractivity contribution in [3.63, 3.8) is 0 Å². The van der Waals surface area contributed by atoms with Gasteiger partial charge in [-0.25, -0.2) is 0 Å². The van der Waals surface area contributed by atoms with Gasteiger partial charge in [0.25, 0.3) is 0 Å². The Morgan fingerprint density at radius 2 is 1.77 bits per heavy atom. The Balaban J connectivity index is 1.83. The van der Waals surface area contributed by atoms with E-state index in [2.05, 4.69) is 0 Å². The van der Waals surface area contributed by atoms with Gasteiger partial charge in [0.2, 0.25) is 0 Å². The van der Waals surface area contributed by atoms with Gasteiger partial charge in [0, 0.05) is 12.8 Å². The van der Waals surface area contributed by atoms with E-state index in [4.69, 9.17) is 14.6 Å². The number of hydrogen-bond acceptors (Lipinski definition) is 3. The molecular weight excluding hydrogens is 297 g/mol. The normalized spacial score (nSPS) is 22.4. The second-order valence-corrected chi connectivity index (χ2v) is 5.96. The molecule has 2 fully saturated rings. The molecule has 3 nitrogen and oxygen atoms in total. The first-order valence-corrected chi connectivity index (χ1v) is 7.52. The number of halogens is 3. The SMILES string of the molecule is OCc1ccc(C2CCC3(CC2)OCCO3)c(C(F)(F)F)c1. The molecule has 1 aromatic rings. The number of hydrogen-bond donors (Lipinski definition) is 1. The topological polar surface area (TPSA) is 38.7 Å². The molecule has 0 radical (unpaired) electrons. The standard InChI is InChI=1S/C16H19F3O3/c17-16(18,19)14-9-11(10-20)1-2-13(14)12-3-5-15(6-4-12)21-7-8-22-15/h1-2,9,12,20H,3-8,10H2. The van der Waals surface area contributed by atoms with Crippen LogP contribution >= 0.6 is 0 Å². The number of aliphatic hydroxyl groups is 1. The summed E-state index contributed by atoms with van der Waals surface area (Å²) in [5, 5.41) is 9.07. The lowest BCUT2D eigenvalue weighted by molar-refractivity contribution is -0.179. The summed E-state index contributed by atoms with van der Waals surface area (Å²) in [5.74, 6) is -0.720. The highest BCUT2D eigenvalue weighted by Crippen LogP contribution is 2.45. The lowest BCUT2D eigenvalue weighted by Gasteiger charge is -2.36. The second kappa shape index (κ2) is 5.83. The fraction of sp³-hybridized carbons (Fsp3) is 0.625. The first kappa shape index (κ1) is 15.8. The molecule has 6 heteroatoms. The van der Waals surface area contributed by atoms with Gasteiger partial charge in [0.15, 0.2) is 5.79 Å². The Morgan fingerprint density at radius 1 is 1.14 bits per heavy atom. The molecular formula is C16H19F3O3. The van der Waals surface area contributed by atoms with E-state index < -0.39 is 24.1 Å². The largest absolute Gasteiger partial charge is 0.416 e. The molecule has 2 aliphatic rings. The predicted octanol–water partition coefficient (Wildman–Crippen LogP) is 3.60. The molecule has 0 aromatic heterocycles. The van der Waals surface area contributed by atoms with Crippen LogP contribution in [0.25, 0.3) is 0 Å². The van der Waals surface area contributed by atoms with E-state index in [0.717, 1.165) is 6.07 Å². The molecule has 1 N–H and O–H groups in total. The van der Waals surface area contributed by atoms with Crippen LogP contribution in [0.15, 0.2) is 18.2 Å². The quantitative estimate of drug-likeness (QED) is 0.906. The minimum absolute atomic E-state index is 0.150. The number of aliphatic hydroxyl groups excluding tert-OH is 1. The highest BCUT2D eigenvalue weighted by atomic mass is 19.4. The van der Waals surface area contributed by atoms with Crippen LogP contribution < -0.4 is 0 Å². The Morgan fingerprint density at radius 3 is 2.32 bits per heavy atom. The van der Waals surface area contributed by atoms with E-state index >= 15 is 0 Å². The van der Waals surface area contributed by atoms with Crippen LogP contribution in [0.4, 0.5) is 13.2 Å². The lowest BCUT2D eigenvalue weighted by atomic mass is 9.79. The van der Waals surface area contributed by atoms with Gasteiger partial charge in [-0.3, -0.25) is 0 Å². The van der Waals surface area contributed by atoms with Gasteiger partial charge in [-0.1, -0.05) is 12.1 Å². The average molecular weight is 316 g/mol. The van der Waals surface area contributed by atoms with Crippen molar-refractivity contribution in [3.8, 4) is 0 Å². The molecule has 1 aromatic carbocycles. The summed E-state index contributed by atoms with van der Waals surface area (Å²) in [5.41, 5.74) is -0.0309. The van der Waals surface area contributed by atoms with Crippen molar-refractivity contribution >= 4 is 0 Å². The molecule has 1 saturated carbocycles. The predicted molar refractivity (Wildman–Crippen MR) is 73.2 cm³/mol. The Labute approximate surface area is 127 Å². The van der Waals surface area contributed by atoms with Crippen LogP contribution in [0.1, 0.15) is 48.3 Å². The van der Waals surface area contributed by atoms with Gasteiger partial charge >= 0.3 is 6.18 Å². The van der Waals surface area contributed by atoms with Gasteiger partial charge in [-0.2, -0.15) is 13.2 Å². The minimum Gasteiger partial charge on any atom is -0.392 e. The molecule has 122 valence electrons. The first-order chi connectivity index (χ1) is 10.4. The molecule has 22 heavy (non-hydrogen) atoms. The van der Waals surface area contributed by atoms with Crippen molar-refractivity contribution < 1.29 is 27.8 Å². The average Bonchev–Trinajstić information content (AvgIpc) is 2.95. The highest BCUT2D eigenvalue weighted by Gasteiger charge is 2.42. The van der Waals surface area contributed by atoms with Crippen molar-refractivity contribution in [2.24, 2.45) is 0 Å². The van der Waals surface area contributed by atoms with Gasteiger partial charge in [-0.05, 0) is 36.0 Å². The van der Waals surface area contributed by atoms with Gasteiger partial charge in [-0.15, -0.1) is 0 Å². The molecule has 1 spiro atoms. The molecule has 1 aliphatic heterocycles. The zero-order valence-electron chi connectivity index (χ0n) is 12.2. The maximum Gasteiger partial charge on any atom is 0.416 e. The minimum atomic E-state index is -4.41. The van der Waals surface area contributed by atoms with Crippen molar-refractivity contribution in [2.75, 3.05) is 13.2 Å². The third-order valence-corrected chi connectivity index (χ3v) is 4.61. The summed E-state index contributed by atoms with van der Waals surface area (Å²) in [6, 6.07) is 4.13. The van der Waals surface area contributed by atoms with Crippen LogP contribution in [0.3, 0.4) is 0 Å². The van der Waals surface area contributed by atoms with Gasteiger partial charge in [0.1, 0.15) is 0 Å². The van der Waals surface area contributed by atoms with Gasteiger partial charge < -0.3 is 14.6 Å². The van der Waals surface area contributed by atoms with E-state index in [1.54, 1.807) is 6.07 Å².